The molecule has 0 aliphatic carbocycles. The summed E-state index contributed by atoms with van der Waals surface area (Å²) in [6.45, 7) is 0.851. The number of carbonyl (C=O) groups is 1. The van der Waals surface area contributed by atoms with E-state index in [1.807, 2.05) is 43.4 Å². The molecule has 7 nitrogen and oxygen atoms in total. The number of hydrogen-bond donors (Lipinski definition) is 4. The second-order valence-electron chi connectivity index (χ2n) is 6.97. The number of aromatic nitrogens is 2. The highest BCUT2D eigenvalue weighted by Gasteiger charge is 2.14. The van der Waals surface area contributed by atoms with Gasteiger partial charge in [-0.3, -0.25) is 4.79 Å². The van der Waals surface area contributed by atoms with Crippen LogP contribution in [0.3, 0.4) is 0 Å². The van der Waals surface area contributed by atoms with E-state index in [-0.39, 0.29) is 18.1 Å². The van der Waals surface area contributed by atoms with Crippen molar-refractivity contribution in [3.63, 3.8) is 0 Å². The molecule has 0 radical (unpaired) electrons. The van der Waals surface area contributed by atoms with Crippen molar-refractivity contribution in [3.05, 3.63) is 75.9 Å². The van der Waals surface area contributed by atoms with Gasteiger partial charge in [-0.2, -0.15) is 0 Å². The first-order valence-corrected chi connectivity index (χ1v) is 9.52. The molecule has 0 bridgehead atoms. The number of nitrogens with one attached hydrogen (secondary N) is 4. The molecule has 1 atom stereocenters. The van der Waals surface area contributed by atoms with Crippen LogP contribution in [0.15, 0.2) is 63.8 Å². The molecule has 148 valence electrons. The van der Waals surface area contributed by atoms with Gasteiger partial charge in [0.05, 0.1) is 18.1 Å². The Morgan fingerprint density at radius 1 is 1.07 bits per heavy atom. The smallest absolute Gasteiger partial charge is 0.323 e. The average Bonchev–Trinajstić information content (AvgIpc) is 3.27. The number of anilines is 1. The number of benzene rings is 2. The van der Waals surface area contributed by atoms with E-state index < -0.39 is 0 Å². The summed E-state index contributed by atoms with van der Waals surface area (Å²) in [5, 5.41) is 3.54. The molecule has 1 unspecified atom stereocenters. The number of H-pyrrole nitrogens is 2. The zero-order valence-corrected chi connectivity index (χ0v) is 16.5. The second kappa shape index (κ2) is 7.98. The van der Waals surface area contributed by atoms with Crippen LogP contribution >= 0.6 is 11.6 Å². The molecular formula is C21H20ClN4O3+. The lowest BCUT2D eigenvalue weighted by atomic mass is 10.2. The Morgan fingerprint density at radius 3 is 2.62 bits per heavy atom. The quantitative estimate of drug-likeness (QED) is 0.392. The molecule has 0 saturated heterocycles. The van der Waals surface area contributed by atoms with Crippen molar-refractivity contribution < 1.29 is 14.1 Å². The number of amides is 1. The number of furan rings is 1. The molecule has 4 N–H and O–H groups in total. The second-order valence-corrected chi connectivity index (χ2v) is 7.41. The van der Waals surface area contributed by atoms with Gasteiger partial charge >= 0.3 is 5.69 Å². The molecule has 4 rings (SSSR count). The zero-order valence-electron chi connectivity index (χ0n) is 15.7. The SMILES string of the molecule is C[NH+](CC(=O)Nc1ccc2[nH]c(=O)[nH]c2c1)Cc1ccc(-c2ccc(Cl)cc2)o1. The number of hydrogen-bond acceptors (Lipinski definition) is 3. The van der Waals surface area contributed by atoms with Gasteiger partial charge in [0.2, 0.25) is 0 Å². The third-order valence-electron chi connectivity index (χ3n) is 4.53. The number of halogens is 1. The van der Waals surface area contributed by atoms with Gasteiger partial charge in [0.1, 0.15) is 12.3 Å². The minimum atomic E-state index is -0.274. The highest BCUT2D eigenvalue weighted by molar-refractivity contribution is 6.30. The third kappa shape index (κ3) is 4.59. The predicted molar refractivity (Wildman–Crippen MR) is 112 cm³/mol. The fraction of sp³-hybridized carbons (Fsp3) is 0.143. The number of quaternary nitrogens is 1. The van der Waals surface area contributed by atoms with E-state index in [0.717, 1.165) is 22.0 Å². The normalized spacial score (nSPS) is 12.2. The Hall–Kier alpha value is -3.29. The van der Waals surface area contributed by atoms with Gasteiger partial charge in [-0.25, -0.2) is 4.79 Å². The molecule has 0 spiro atoms. The van der Waals surface area contributed by atoms with Gasteiger partial charge in [0, 0.05) is 16.3 Å². The molecule has 2 aromatic heterocycles. The summed E-state index contributed by atoms with van der Waals surface area (Å²) < 4.78 is 5.90. The monoisotopic (exact) mass is 411 g/mol. The third-order valence-corrected chi connectivity index (χ3v) is 4.78. The fourth-order valence-electron chi connectivity index (χ4n) is 3.19. The summed E-state index contributed by atoms with van der Waals surface area (Å²) in [7, 11) is 1.93. The van der Waals surface area contributed by atoms with Crippen LogP contribution in [0, 0.1) is 0 Å². The largest absolute Gasteiger partial charge is 0.455 e. The lowest BCUT2D eigenvalue weighted by molar-refractivity contribution is -0.886. The summed E-state index contributed by atoms with van der Waals surface area (Å²) in [6.07, 6.45) is 0. The molecule has 0 aliphatic heterocycles. The average molecular weight is 412 g/mol. The maximum atomic E-state index is 12.4. The van der Waals surface area contributed by atoms with Crippen LogP contribution in [0.1, 0.15) is 5.76 Å². The molecule has 8 heteroatoms. The van der Waals surface area contributed by atoms with Crippen LogP contribution < -0.4 is 15.9 Å². The van der Waals surface area contributed by atoms with Crippen molar-refractivity contribution in [3.8, 4) is 11.3 Å². The topological polar surface area (TPSA) is 95.3 Å². The summed E-state index contributed by atoms with van der Waals surface area (Å²) in [4.78, 5) is 30.0. The minimum absolute atomic E-state index is 0.121. The van der Waals surface area contributed by atoms with Crippen LogP contribution in [0.5, 0.6) is 0 Å². The number of imidazole rings is 1. The standard InChI is InChI=1S/C21H19ClN4O3/c1-26(11-16-7-9-19(29-16)13-2-4-14(22)5-3-13)12-20(27)23-15-6-8-17-18(10-15)25-21(28)24-17/h2-10H,11-12H2,1H3,(H,23,27)(H2,24,25,28)/p+1. The van der Waals surface area contributed by atoms with Crippen molar-refractivity contribution in [2.45, 2.75) is 6.54 Å². The van der Waals surface area contributed by atoms with Gasteiger partial charge in [0.25, 0.3) is 5.91 Å². The lowest BCUT2D eigenvalue weighted by Crippen LogP contribution is -3.08. The van der Waals surface area contributed by atoms with Crippen molar-refractivity contribution >= 4 is 34.2 Å². The number of aromatic amines is 2. The number of fused-ring (bicyclic) bond motifs is 1. The Bertz CT molecular complexity index is 1210. The van der Waals surface area contributed by atoms with Gasteiger partial charge < -0.3 is 24.6 Å². The molecule has 0 aliphatic rings. The summed E-state index contributed by atoms with van der Waals surface area (Å²) in [6, 6.07) is 16.5. The predicted octanol–water partition coefficient (Wildman–Crippen LogP) is 2.42. The first-order valence-electron chi connectivity index (χ1n) is 9.14. The van der Waals surface area contributed by atoms with E-state index in [0.29, 0.717) is 28.3 Å². The molecule has 4 aromatic rings. The van der Waals surface area contributed by atoms with Crippen molar-refractivity contribution in [1.29, 1.82) is 0 Å². The maximum Gasteiger partial charge on any atom is 0.323 e. The first-order chi connectivity index (χ1) is 14.0. The minimum Gasteiger partial charge on any atom is -0.455 e. The summed E-state index contributed by atoms with van der Waals surface area (Å²) in [5.74, 6) is 1.44. The van der Waals surface area contributed by atoms with Crippen LogP contribution in [-0.4, -0.2) is 29.5 Å². The van der Waals surface area contributed by atoms with Crippen molar-refractivity contribution in [2.24, 2.45) is 0 Å². The Labute approximate surface area is 171 Å². The van der Waals surface area contributed by atoms with Gasteiger partial charge in [-0.1, -0.05) is 11.6 Å². The number of likely N-dealkylation sites (N-methyl/N-ethyl adjacent to an activating group) is 1. The summed E-state index contributed by atoms with van der Waals surface area (Å²) >= 11 is 5.92. The van der Waals surface area contributed by atoms with Gasteiger partial charge in [-0.05, 0) is 54.6 Å². The Kier molecular flexibility index (Phi) is 5.24. The van der Waals surface area contributed by atoms with E-state index in [1.165, 1.54) is 0 Å². The van der Waals surface area contributed by atoms with E-state index in [1.54, 1.807) is 18.2 Å². The zero-order chi connectivity index (χ0) is 20.4. The molecular weight excluding hydrogens is 392 g/mol. The van der Waals surface area contributed by atoms with Crippen molar-refractivity contribution in [2.75, 3.05) is 18.9 Å². The maximum absolute atomic E-state index is 12.4. The first kappa shape index (κ1) is 19.0. The van der Waals surface area contributed by atoms with E-state index in [9.17, 15) is 9.59 Å². The van der Waals surface area contributed by atoms with Crippen LogP contribution in [-0.2, 0) is 11.3 Å². The molecule has 2 aromatic carbocycles. The molecule has 2 heterocycles. The molecule has 1 amide bonds. The molecule has 0 saturated carbocycles. The highest BCUT2D eigenvalue weighted by Crippen LogP contribution is 2.23. The summed E-state index contributed by atoms with van der Waals surface area (Å²) in [5.41, 5.74) is 2.66. The highest BCUT2D eigenvalue weighted by atomic mass is 35.5. The van der Waals surface area contributed by atoms with E-state index >= 15 is 0 Å². The molecule has 0 fully saturated rings. The van der Waals surface area contributed by atoms with Crippen LogP contribution in [0.25, 0.3) is 22.4 Å². The molecule has 29 heavy (non-hydrogen) atoms. The van der Waals surface area contributed by atoms with Gasteiger partial charge in [0.15, 0.2) is 12.3 Å². The number of rotatable bonds is 6. The Morgan fingerprint density at radius 2 is 1.83 bits per heavy atom. The lowest BCUT2D eigenvalue weighted by Gasteiger charge is -2.12. The van der Waals surface area contributed by atoms with E-state index in [4.69, 9.17) is 16.0 Å². The van der Waals surface area contributed by atoms with Crippen LogP contribution in [0.2, 0.25) is 5.02 Å². The number of carbonyl (C=O) groups excluding carboxylic acids is 1. The van der Waals surface area contributed by atoms with Gasteiger partial charge in [-0.15, -0.1) is 0 Å². The van der Waals surface area contributed by atoms with Crippen molar-refractivity contribution in [1.82, 2.24) is 9.97 Å². The van der Waals surface area contributed by atoms with E-state index in [2.05, 4.69) is 15.3 Å². The fourth-order valence-corrected chi connectivity index (χ4v) is 3.32. The van der Waals surface area contributed by atoms with Crippen LogP contribution in [0.4, 0.5) is 5.69 Å². The Balaban J connectivity index is 1.35.